The zero-order chi connectivity index (χ0) is 13.0. The lowest BCUT2D eigenvalue weighted by Crippen LogP contribution is -2.17. The van der Waals surface area contributed by atoms with E-state index in [-0.39, 0.29) is 6.04 Å². The molecule has 1 unspecified atom stereocenters. The highest BCUT2D eigenvalue weighted by molar-refractivity contribution is 6.29. The van der Waals surface area contributed by atoms with Crippen LogP contribution in [-0.2, 0) is 0 Å². The van der Waals surface area contributed by atoms with E-state index in [1.165, 1.54) is 0 Å². The number of nitrogens with one attached hydrogen (secondary N) is 1. The van der Waals surface area contributed by atoms with Gasteiger partial charge in [0.25, 0.3) is 0 Å². The van der Waals surface area contributed by atoms with Crippen LogP contribution in [0.25, 0.3) is 0 Å². The molecule has 0 amide bonds. The van der Waals surface area contributed by atoms with E-state index in [0.717, 1.165) is 16.9 Å². The maximum Gasteiger partial charge on any atom is 0.198 e. The molecule has 4 heteroatoms. The van der Waals surface area contributed by atoms with Crippen LogP contribution < -0.4 is 10.1 Å². The van der Waals surface area contributed by atoms with Gasteiger partial charge in [-0.3, -0.25) is 0 Å². The Kier molecular flexibility index (Phi) is 4.28. The van der Waals surface area contributed by atoms with E-state index in [0.29, 0.717) is 11.8 Å². The van der Waals surface area contributed by atoms with Crippen LogP contribution in [0.2, 0.25) is 5.22 Å². The topological polar surface area (TPSA) is 34.4 Å². The van der Waals surface area contributed by atoms with Crippen molar-refractivity contribution >= 4 is 11.6 Å². The van der Waals surface area contributed by atoms with E-state index in [1.807, 2.05) is 44.3 Å². The van der Waals surface area contributed by atoms with Gasteiger partial charge >= 0.3 is 0 Å². The average Bonchev–Trinajstić information content (AvgIpc) is 2.79. The number of furan rings is 1. The van der Waals surface area contributed by atoms with Crippen molar-refractivity contribution in [3.05, 3.63) is 52.9 Å². The summed E-state index contributed by atoms with van der Waals surface area (Å²) < 4.78 is 10.6. The molecule has 0 saturated carbocycles. The Morgan fingerprint density at radius 1 is 1.28 bits per heavy atom. The number of ether oxygens (including phenoxy) is 1. The van der Waals surface area contributed by atoms with Crippen LogP contribution in [0.5, 0.6) is 5.75 Å². The molecule has 0 saturated heterocycles. The summed E-state index contributed by atoms with van der Waals surface area (Å²) in [6.07, 6.45) is 1.59. The quantitative estimate of drug-likeness (QED) is 0.896. The van der Waals surface area contributed by atoms with E-state index >= 15 is 0 Å². The average molecular weight is 266 g/mol. The van der Waals surface area contributed by atoms with Crippen LogP contribution >= 0.6 is 11.6 Å². The summed E-state index contributed by atoms with van der Waals surface area (Å²) in [5.74, 6) is 0.870. The maximum atomic E-state index is 6.01. The molecule has 1 aromatic carbocycles. The van der Waals surface area contributed by atoms with Crippen LogP contribution in [0.1, 0.15) is 24.1 Å². The van der Waals surface area contributed by atoms with Gasteiger partial charge in [-0.15, -0.1) is 0 Å². The molecular weight excluding hydrogens is 250 g/mol. The molecule has 96 valence electrons. The molecule has 0 bridgehead atoms. The highest BCUT2D eigenvalue weighted by atomic mass is 35.5. The van der Waals surface area contributed by atoms with E-state index in [1.54, 1.807) is 6.26 Å². The van der Waals surface area contributed by atoms with Crippen LogP contribution in [0.15, 0.2) is 41.0 Å². The van der Waals surface area contributed by atoms with E-state index in [9.17, 15) is 0 Å². The predicted molar refractivity (Wildman–Crippen MR) is 72.2 cm³/mol. The van der Waals surface area contributed by atoms with Crippen LogP contribution in [0, 0.1) is 0 Å². The molecule has 18 heavy (non-hydrogen) atoms. The molecule has 3 nitrogen and oxygen atoms in total. The van der Waals surface area contributed by atoms with Gasteiger partial charge in [0, 0.05) is 5.56 Å². The standard InChI is InChI=1S/C14H16ClNO2/c1-3-17-11-6-4-10(5-7-11)13(16-2)12-8-9-18-14(12)15/h4-9,13,16H,3H2,1-2H3. The van der Waals surface area contributed by atoms with Gasteiger partial charge in [-0.1, -0.05) is 12.1 Å². The minimum atomic E-state index is 0.0203. The summed E-state index contributed by atoms with van der Waals surface area (Å²) in [6, 6.07) is 9.85. The normalized spacial score (nSPS) is 12.4. The molecule has 1 N–H and O–H groups in total. The Morgan fingerprint density at radius 3 is 2.50 bits per heavy atom. The van der Waals surface area contributed by atoms with Crippen molar-refractivity contribution < 1.29 is 9.15 Å². The van der Waals surface area contributed by atoms with Crippen LogP contribution in [0.3, 0.4) is 0 Å². The first-order valence-corrected chi connectivity index (χ1v) is 6.27. The minimum absolute atomic E-state index is 0.0203. The van der Waals surface area contributed by atoms with Gasteiger partial charge in [-0.25, -0.2) is 0 Å². The summed E-state index contributed by atoms with van der Waals surface area (Å²) >= 11 is 6.01. The van der Waals surface area contributed by atoms with Crippen molar-refractivity contribution in [1.82, 2.24) is 5.32 Å². The summed E-state index contributed by atoms with van der Waals surface area (Å²) in [5.41, 5.74) is 2.05. The van der Waals surface area contributed by atoms with E-state index < -0.39 is 0 Å². The third kappa shape index (κ3) is 2.68. The first-order valence-electron chi connectivity index (χ1n) is 5.89. The van der Waals surface area contributed by atoms with Gasteiger partial charge in [0.05, 0.1) is 18.9 Å². The van der Waals surface area contributed by atoms with Gasteiger partial charge in [-0.05, 0) is 49.3 Å². The second kappa shape index (κ2) is 5.94. The fraction of sp³-hybridized carbons (Fsp3) is 0.286. The lowest BCUT2D eigenvalue weighted by molar-refractivity contribution is 0.340. The molecule has 0 aliphatic carbocycles. The molecule has 0 spiro atoms. The highest BCUT2D eigenvalue weighted by Crippen LogP contribution is 2.29. The van der Waals surface area contributed by atoms with Crippen molar-refractivity contribution in [1.29, 1.82) is 0 Å². The van der Waals surface area contributed by atoms with Crippen molar-refractivity contribution in [2.75, 3.05) is 13.7 Å². The predicted octanol–water partition coefficient (Wildman–Crippen LogP) is 3.64. The van der Waals surface area contributed by atoms with Gasteiger partial charge in [-0.2, -0.15) is 0 Å². The van der Waals surface area contributed by atoms with E-state index in [2.05, 4.69) is 5.32 Å². The third-order valence-electron chi connectivity index (χ3n) is 2.77. The zero-order valence-electron chi connectivity index (χ0n) is 10.4. The summed E-state index contributed by atoms with van der Waals surface area (Å²) in [5, 5.41) is 3.65. The van der Waals surface area contributed by atoms with Crippen molar-refractivity contribution in [3.63, 3.8) is 0 Å². The first kappa shape index (κ1) is 13.0. The third-order valence-corrected chi connectivity index (χ3v) is 3.08. The number of benzene rings is 1. The fourth-order valence-electron chi connectivity index (χ4n) is 1.94. The largest absolute Gasteiger partial charge is 0.494 e. The molecule has 0 radical (unpaired) electrons. The Balaban J connectivity index is 2.25. The molecule has 1 aromatic heterocycles. The molecule has 1 atom stereocenters. The summed E-state index contributed by atoms with van der Waals surface area (Å²) in [4.78, 5) is 0. The van der Waals surface area contributed by atoms with Gasteiger partial charge in [0.1, 0.15) is 5.75 Å². The fourth-order valence-corrected chi connectivity index (χ4v) is 2.16. The van der Waals surface area contributed by atoms with Gasteiger partial charge in [0.15, 0.2) is 5.22 Å². The Bertz CT molecular complexity index is 493. The molecule has 0 fully saturated rings. The van der Waals surface area contributed by atoms with Crippen molar-refractivity contribution in [3.8, 4) is 5.75 Å². The molecule has 0 aliphatic rings. The Morgan fingerprint density at radius 2 is 2.00 bits per heavy atom. The molecule has 0 aliphatic heterocycles. The summed E-state index contributed by atoms with van der Waals surface area (Å²) in [7, 11) is 1.89. The molecule has 2 aromatic rings. The van der Waals surface area contributed by atoms with E-state index in [4.69, 9.17) is 20.8 Å². The second-order valence-electron chi connectivity index (χ2n) is 3.87. The first-order chi connectivity index (χ1) is 8.76. The lowest BCUT2D eigenvalue weighted by Gasteiger charge is -2.16. The minimum Gasteiger partial charge on any atom is -0.494 e. The van der Waals surface area contributed by atoms with Crippen molar-refractivity contribution in [2.45, 2.75) is 13.0 Å². The highest BCUT2D eigenvalue weighted by Gasteiger charge is 2.17. The molecule has 1 heterocycles. The molecule has 2 rings (SSSR count). The SMILES string of the molecule is CCOc1ccc(C(NC)c2ccoc2Cl)cc1. The monoisotopic (exact) mass is 265 g/mol. The van der Waals surface area contributed by atoms with Crippen molar-refractivity contribution in [2.24, 2.45) is 0 Å². The zero-order valence-corrected chi connectivity index (χ0v) is 11.2. The van der Waals surface area contributed by atoms with Crippen LogP contribution in [-0.4, -0.2) is 13.7 Å². The Labute approximate surface area is 112 Å². The number of hydrogen-bond donors (Lipinski definition) is 1. The lowest BCUT2D eigenvalue weighted by atomic mass is 10.0. The van der Waals surface area contributed by atoms with Gasteiger partial charge in [0.2, 0.25) is 0 Å². The Hall–Kier alpha value is -1.45. The summed E-state index contributed by atoms with van der Waals surface area (Å²) in [6.45, 7) is 2.64. The number of hydrogen-bond acceptors (Lipinski definition) is 3. The number of rotatable bonds is 5. The smallest absolute Gasteiger partial charge is 0.198 e. The maximum absolute atomic E-state index is 6.01. The molecular formula is C14H16ClNO2. The van der Waals surface area contributed by atoms with Gasteiger partial charge < -0.3 is 14.5 Å². The van der Waals surface area contributed by atoms with Crippen LogP contribution in [0.4, 0.5) is 0 Å². The second-order valence-corrected chi connectivity index (χ2v) is 4.22. The number of halogens is 1.